The number of nitrogens with two attached hydrogens (primary N) is 1. The summed E-state index contributed by atoms with van der Waals surface area (Å²) >= 11 is 0. The first-order valence-electron chi connectivity index (χ1n) is 4.25. The standard InChI is InChI=1S/C8H14N2O4/c9-5-6(3-4-11)10-7(12)1-2-8(13)14/h4,6H,1-3,5,9H2,(H,10,12)(H,13,14)/t6-/m0/s1. The number of carboxylic acids is 1. The molecule has 0 aliphatic rings. The molecule has 80 valence electrons. The highest BCUT2D eigenvalue weighted by Crippen LogP contribution is 1.92. The Kier molecular flexibility index (Phi) is 6.30. The Bertz CT molecular complexity index is 217. The van der Waals surface area contributed by atoms with Gasteiger partial charge in [-0.15, -0.1) is 0 Å². The fraction of sp³-hybridized carbons (Fsp3) is 0.625. The average molecular weight is 202 g/mol. The fourth-order valence-corrected chi connectivity index (χ4v) is 0.851. The third kappa shape index (κ3) is 6.13. The summed E-state index contributed by atoms with van der Waals surface area (Å²) in [7, 11) is 0. The molecule has 0 saturated heterocycles. The van der Waals surface area contributed by atoms with Gasteiger partial charge in [-0.3, -0.25) is 9.59 Å². The minimum Gasteiger partial charge on any atom is -0.481 e. The summed E-state index contributed by atoms with van der Waals surface area (Å²) in [5.74, 6) is -1.43. The van der Waals surface area contributed by atoms with E-state index in [4.69, 9.17) is 10.8 Å². The number of amides is 1. The first-order valence-corrected chi connectivity index (χ1v) is 4.25. The smallest absolute Gasteiger partial charge is 0.303 e. The molecule has 0 aliphatic carbocycles. The van der Waals surface area contributed by atoms with Crippen molar-refractivity contribution in [1.29, 1.82) is 0 Å². The van der Waals surface area contributed by atoms with Crippen LogP contribution in [-0.4, -0.2) is 35.9 Å². The molecular formula is C8H14N2O4. The number of carboxylic acid groups (broad SMARTS) is 1. The highest BCUT2D eigenvalue weighted by atomic mass is 16.4. The summed E-state index contributed by atoms with van der Waals surface area (Å²) in [4.78, 5) is 31.3. The van der Waals surface area contributed by atoms with Gasteiger partial charge in [0.2, 0.25) is 5.91 Å². The molecule has 0 heterocycles. The van der Waals surface area contributed by atoms with Crippen molar-refractivity contribution >= 4 is 18.2 Å². The van der Waals surface area contributed by atoms with Gasteiger partial charge >= 0.3 is 5.97 Å². The molecule has 6 nitrogen and oxygen atoms in total. The van der Waals surface area contributed by atoms with Crippen LogP contribution in [0.1, 0.15) is 19.3 Å². The van der Waals surface area contributed by atoms with E-state index in [1.54, 1.807) is 0 Å². The topological polar surface area (TPSA) is 109 Å². The van der Waals surface area contributed by atoms with Crippen molar-refractivity contribution < 1.29 is 19.5 Å². The van der Waals surface area contributed by atoms with E-state index in [0.717, 1.165) is 0 Å². The summed E-state index contributed by atoms with van der Waals surface area (Å²) in [6, 6.07) is -0.395. The highest BCUT2D eigenvalue weighted by Gasteiger charge is 2.10. The van der Waals surface area contributed by atoms with Crippen molar-refractivity contribution in [2.24, 2.45) is 5.73 Å². The normalized spacial score (nSPS) is 11.8. The van der Waals surface area contributed by atoms with Gasteiger partial charge in [-0.1, -0.05) is 0 Å². The number of aldehydes is 1. The zero-order valence-electron chi connectivity index (χ0n) is 7.73. The summed E-state index contributed by atoms with van der Waals surface area (Å²) in [5, 5.41) is 10.8. The summed E-state index contributed by atoms with van der Waals surface area (Å²) < 4.78 is 0. The Morgan fingerprint density at radius 1 is 1.43 bits per heavy atom. The third-order valence-corrected chi connectivity index (χ3v) is 1.60. The van der Waals surface area contributed by atoms with Crippen LogP contribution in [0.2, 0.25) is 0 Å². The van der Waals surface area contributed by atoms with Gasteiger partial charge in [-0.05, 0) is 0 Å². The van der Waals surface area contributed by atoms with E-state index < -0.39 is 17.9 Å². The molecule has 0 unspecified atom stereocenters. The fourth-order valence-electron chi connectivity index (χ4n) is 0.851. The first kappa shape index (κ1) is 12.6. The number of aliphatic carboxylic acids is 1. The molecule has 14 heavy (non-hydrogen) atoms. The molecule has 0 aliphatic heterocycles. The molecule has 1 amide bonds. The van der Waals surface area contributed by atoms with Crippen LogP contribution >= 0.6 is 0 Å². The van der Waals surface area contributed by atoms with E-state index >= 15 is 0 Å². The number of carbonyl (C=O) groups excluding carboxylic acids is 2. The number of rotatable bonds is 7. The highest BCUT2D eigenvalue weighted by molar-refractivity contribution is 5.81. The Balaban J connectivity index is 3.78. The maximum absolute atomic E-state index is 11.0. The predicted octanol–water partition coefficient (Wildman–Crippen LogP) is -1.12. The first-order chi connectivity index (χ1) is 6.60. The summed E-state index contributed by atoms with van der Waals surface area (Å²) in [6.07, 6.45) is 0.499. The monoisotopic (exact) mass is 202 g/mol. The van der Waals surface area contributed by atoms with Crippen LogP contribution in [0, 0.1) is 0 Å². The Morgan fingerprint density at radius 3 is 2.50 bits per heavy atom. The Labute approximate surface area is 81.5 Å². The van der Waals surface area contributed by atoms with E-state index in [9.17, 15) is 14.4 Å². The molecule has 0 fully saturated rings. The van der Waals surface area contributed by atoms with Crippen molar-refractivity contribution in [2.45, 2.75) is 25.3 Å². The second-order valence-corrected chi connectivity index (χ2v) is 2.80. The van der Waals surface area contributed by atoms with Crippen molar-refractivity contribution in [3.8, 4) is 0 Å². The number of hydrogen-bond donors (Lipinski definition) is 3. The van der Waals surface area contributed by atoms with E-state index in [2.05, 4.69) is 5.32 Å². The van der Waals surface area contributed by atoms with Gasteiger partial charge in [0.1, 0.15) is 6.29 Å². The quantitative estimate of drug-likeness (QED) is 0.453. The van der Waals surface area contributed by atoms with Crippen LogP contribution in [-0.2, 0) is 14.4 Å². The van der Waals surface area contributed by atoms with Crippen LogP contribution < -0.4 is 11.1 Å². The van der Waals surface area contributed by atoms with E-state index in [1.165, 1.54) is 0 Å². The molecule has 0 bridgehead atoms. The maximum Gasteiger partial charge on any atom is 0.303 e. The summed E-state index contributed by atoms with van der Waals surface area (Å²) in [6.45, 7) is 0.164. The van der Waals surface area contributed by atoms with Gasteiger partial charge in [-0.25, -0.2) is 0 Å². The Hall–Kier alpha value is -1.43. The van der Waals surface area contributed by atoms with E-state index in [1.807, 2.05) is 0 Å². The van der Waals surface area contributed by atoms with Crippen LogP contribution in [0.25, 0.3) is 0 Å². The zero-order valence-corrected chi connectivity index (χ0v) is 7.73. The second kappa shape index (κ2) is 7.02. The van der Waals surface area contributed by atoms with Gasteiger partial charge in [0.15, 0.2) is 0 Å². The largest absolute Gasteiger partial charge is 0.481 e. The van der Waals surface area contributed by atoms with Crippen LogP contribution in [0.4, 0.5) is 0 Å². The molecule has 0 rings (SSSR count). The molecule has 0 aromatic rings. The zero-order chi connectivity index (χ0) is 11.0. The second-order valence-electron chi connectivity index (χ2n) is 2.80. The van der Waals surface area contributed by atoms with Gasteiger partial charge in [0.05, 0.1) is 6.42 Å². The minimum absolute atomic E-state index is 0.0926. The lowest BCUT2D eigenvalue weighted by Crippen LogP contribution is -2.40. The lowest BCUT2D eigenvalue weighted by molar-refractivity contribution is -0.139. The Morgan fingerprint density at radius 2 is 2.07 bits per heavy atom. The number of hydrogen-bond acceptors (Lipinski definition) is 4. The SMILES string of the molecule is NC[C@H](CC=O)NC(=O)CCC(=O)O. The van der Waals surface area contributed by atoms with Gasteiger partial charge < -0.3 is 21.0 Å². The van der Waals surface area contributed by atoms with Gasteiger partial charge in [0, 0.05) is 25.4 Å². The lowest BCUT2D eigenvalue weighted by atomic mass is 10.2. The number of carbonyl (C=O) groups is 3. The molecule has 1 atom stereocenters. The van der Waals surface area contributed by atoms with Gasteiger partial charge in [0.25, 0.3) is 0 Å². The third-order valence-electron chi connectivity index (χ3n) is 1.60. The van der Waals surface area contributed by atoms with Crippen LogP contribution in [0.15, 0.2) is 0 Å². The molecule has 0 aromatic heterocycles. The predicted molar refractivity (Wildman–Crippen MR) is 48.5 cm³/mol. The number of nitrogens with one attached hydrogen (secondary N) is 1. The minimum atomic E-state index is -1.03. The van der Waals surface area contributed by atoms with Gasteiger partial charge in [-0.2, -0.15) is 0 Å². The average Bonchev–Trinajstić information content (AvgIpc) is 2.14. The van der Waals surface area contributed by atoms with Crippen LogP contribution in [0.3, 0.4) is 0 Å². The van der Waals surface area contributed by atoms with E-state index in [-0.39, 0.29) is 25.8 Å². The molecule has 0 radical (unpaired) electrons. The maximum atomic E-state index is 11.0. The van der Waals surface area contributed by atoms with Crippen molar-refractivity contribution in [1.82, 2.24) is 5.32 Å². The molecule has 0 aromatic carbocycles. The molecule has 0 saturated carbocycles. The molecule has 0 spiro atoms. The van der Waals surface area contributed by atoms with E-state index in [0.29, 0.717) is 6.29 Å². The van der Waals surface area contributed by atoms with Crippen molar-refractivity contribution in [3.63, 3.8) is 0 Å². The summed E-state index contributed by atoms with van der Waals surface area (Å²) in [5.41, 5.74) is 5.27. The van der Waals surface area contributed by atoms with Crippen molar-refractivity contribution in [2.75, 3.05) is 6.54 Å². The molecule has 6 heteroatoms. The molecule has 4 N–H and O–H groups in total. The van der Waals surface area contributed by atoms with Crippen molar-refractivity contribution in [3.05, 3.63) is 0 Å². The molecular weight excluding hydrogens is 188 g/mol. The van der Waals surface area contributed by atoms with Crippen LogP contribution in [0.5, 0.6) is 0 Å². The lowest BCUT2D eigenvalue weighted by Gasteiger charge is -2.13.